The van der Waals surface area contributed by atoms with Crippen molar-refractivity contribution in [1.82, 2.24) is 10.2 Å². The first-order chi connectivity index (χ1) is 4.86. The zero-order valence-corrected chi connectivity index (χ0v) is 5.21. The van der Waals surface area contributed by atoms with E-state index in [1.54, 1.807) is 12.3 Å². The second-order valence-corrected chi connectivity index (χ2v) is 2.14. The summed E-state index contributed by atoms with van der Waals surface area (Å²) >= 11 is 0. The van der Waals surface area contributed by atoms with Crippen molar-refractivity contribution in [2.24, 2.45) is 0 Å². The second-order valence-electron chi connectivity index (χ2n) is 2.14. The highest BCUT2D eigenvalue weighted by atomic mass is 19.2. The van der Waals surface area contributed by atoms with Crippen molar-refractivity contribution in [3.63, 3.8) is 0 Å². The summed E-state index contributed by atoms with van der Waals surface area (Å²) < 4.78 is 12.4. The second kappa shape index (κ2) is 1.91. The number of nitrogens with zero attached hydrogens (tertiary/aromatic N) is 2. The molecule has 10 heavy (non-hydrogen) atoms. The minimum absolute atomic E-state index is 0.281. The normalized spacial score (nSPS) is 16.5. The van der Waals surface area contributed by atoms with Crippen LogP contribution in [0.4, 0.5) is 10.3 Å². The maximum Gasteiger partial charge on any atom is 0.146 e. The van der Waals surface area contributed by atoms with Crippen LogP contribution in [0.25, 0.3) is 0 Å². The molecular weight excluding hydrogens is 133 g/mol. The lowest BCUT2D eigenvalue weighted by atomic mass is 10.3. The molecule has 2 rings (SSSR count). The molecule has 0 unspecified atom stereocenters. The van der Waals surface area contributed by atoms with Crippen LogP contribution in [-0.4, -0.2) is 10.2 Å². The number of halogens is 1. The summed E-state index contributed by atoms with van der Waals surface area (Å²) in [6.07, 6.45) is 1.63. The summed E-state index contributed by atoms with van der Waals surface area (Å²) in [4.78, 5) is 3.92. The van der Waals surface area contributed by atoms with Gasteiger partial charge in [0.05, 0.1) is 6.54 Å². The third-order valence-electron chi connectivity index (χ3n) is 1.43. The molecule has 52 valence electrons. The van der Waals surface area contributed by atoms with Gasteiger partial charge in [-0.05, 0) is 6.07 Å². The van der Waals surface area contributed by atoms with Crippen molar-refractivity contribution in [3.05, 3.63) is 23.9 Å². The van der Waals surface area contributed by atoms with Gasteiger partial charge in [-0.25, -0.2) is 4.98 Å². The average molecular weight is 139 g/mol. The third kappa shape index (κ3) is 0.733. The zero-order valence-electron chi connectivity index (χ0n) is 5.21. The molecule has 2 heterocycles. The molecule has 0 saturated heterocycles. The van der Waals surface area contributed by atoms with Gasteiger partial charge in [0.25, 0.3) is 0 Å². The Bertz CT molecular complexity index is 226. The van der Waals surface area contributed by atoms with E-state index in [0.29, 0.717) is 11.0 Å². The quantitative estimate of drug-likeness (QED) is 0.546. The lowest BCUT2D eigenvalue weighted by Crippen LogP contribution is -2.11. The first-order valence-corrected chi connectivity index (χ1v) is 3.00. The van der Waals surface area contributed by atoms with Crippen molar-refractivity contribution >= 4 is 5.82 Å². The molecule has 0 bridgehead atoms. The van der Waals surface area contributed by atoms with Gasteiger partial charge in [-0.2, -0.15) is 0 Å². The Morgan fingerprint density at radius 1 is 1.70 bits per heavy atom. The van der Waals surface area contributed by atoms with Crippen LogP contribution in [0.2, 0.25) is 0 Å². The van der Waals surface area contributed by atoms with Crippen molar-refractivity contribution in [2.45, 2.75) is 6.54 Å². The molecule has 3 nitrogen and oxygen atoms in total. The molecule has 0 aromatic carbocycles. The first-order valence-electron chi connectivity index (χ1n) is 3.00. The van der Waals surface area contributed by atoms with E-state index in [1.807, 2.05) is 6.07 Å². The first kappa shape index (κ1) is 5.61. The molecular formula is C6H6FN3. The zero-order chi connectivity index (χ0) is 6.97. The molecule has 0 fully saturated rings. The van der Waals surface area contributed by atoms with Crippen LogP contribution >= 0.6 is 0 Å². The molecule has 0 atom stereocenters. The van der Waals surface area contributed by atoms with Crippen LogP contribution in [0.5, 0.6) is 0 Å². The van der Waals surface area contributed by atoms with Gasteiger partial charge in [-0.1, -0.05) is 11.3 Å². The molecule has 0 radical (unpaired) electrons. The fraction of sp³-hybridized carbons (Fsp3) is 0.167. The van der Waals surface area contributed by atoms with Gasteiger partial charge in [0.2, 0.25) is 0 Å². The fourth-order valence-electron chi connectivity index (χ4n) is 0.971. The topological polar surface area (TPSA) is 28.2 Å². The Hall–Kier alpha value is -1.16. The number of nitrogens with one attached hydrogen (secondary N) is 1. The number of hydrogen-bond acceptors (Lipinski definition) is 3. The Balaban J connectivity index is 2.42. The van der Waals surface area contributed by atoms with E-state index in [9.17, 15) is 4.48 Å². The number of anilines is 1. The fourth-order valence-corrected chi connectivity index (χ4v) is 0.971. The Morgan fingerprint density at radius 2 is 2.60 bits per heavy atom. The summed E-state index contributed by atoms with van der Waals surface area (Å²) in [7, 11) is 0. The van der Waals surface area contributed by atoms with E-state index in [2.05, 4.69) is 10.4 Å². The van der Waals surface area contributed by atoms with Gasteiger partial charge < -0.3 is 0 Å². The van der Waals surface area contributed by atoms with Crippen LogP contribution < -0.4 is 5.43 Å². The van der Waals surface area contributed by atoms with Crippen molar-refractivity contribution in [2.75, 3.05) is 5.43 Å². The SMILES string of the molecule is FN1Cc2cccnc2N1. The number of hydrogen-bond donors (Lipinski definition) is 1. The van der Waals surface area contributed by atoms with Crippen LogP contribution in [0.15, 0.2) is 18.3 Å². The summed E-state index contributed by atoms with van der Waals surface area (Å²) in [5.41, 5.74) is 3.35. The molecule has 1 N–H and O–H groups in total. The van der Waals surface area contributed by atoms with E-state index in [4.69, 9.17) is 0 Å². The predicted molar refractivity (Wildman–Crippen MR) is 34.5 cm³/mol. The number of hydrazine groups is 1. The maximum atomic E-state index is 12.4. The van der Waals surface area contributed by atoms with Gasteiger partial charge in [-0.3, -0.25) is 5.43 Å². The van der Waals surface area contributed by atoms with Crippen molar-refractivity contribution in [3.8, 4) is 0 Å². The van der Waals surface area contributed by atoms with E-state index in [-0.39, 0.29) is 6.54 Å². The minimum atomic E-state index is 0.281. The smallest absolute Gasteiger partial charge is 0.146 e. The van der Waals surface area contributed by atoms with Gasteiger partial charge in [-0.15, -0.1) is 4.48 Å². The van der Waals surface area contributed by atoms with Gasteiger partial charge in [0, 0.05) is 11.8 Å². The number of pyridine rings is 1. The molecule has 0 amide bonds. The van der Waals surface area contributed by atoms with E-state index >= 15 is 0 Å². The van der Waals surface area contributed by atoms with Crippen LogP contribution in [-0.2, 0) is 6.54 Å². The third-order valence-corrected chi connectivity index (χ3v) is 1.43. The van der Waals surface area contributed by atoms with Crippen LogP contribution in [0.1, 0.15) is 5.56 Å². The van der Waals surface area contributed by atoms with Crippen molar-refractivity contribution in [1.29, 1.82) is 0 Å². The molecule has 0 saturated carbocycles. The lowest BCUT2D eigenvalue weighted by Gasteiger charge is -1.98. The number of rotatable bonds is 0. The highest BCUT2D eigenvalue weighted by Crippen LogP contribution is 2.21. The Morgan fingerprint density at radius 3 is 3.40 bits per heavy atom. The van der Waals surface area contributed by atoms with E-state index in [0.717, 1.165) is 5.56 Å². The summed E-state index contributed by atoms with van der Waals surface area (Å²) in [5.74, 6) is 0.616. The maximum absolute atomic E-state index is 12.4. The molecule has 1 aliphatic rings. The standard InChI is InChI=1S/C6H6FN3/c7-10-4-5-2-1-3-8-6(5)9-10/h1-3H,4H2,(H,8,9). The summed E-state index contributed by atoms with van der Waals surface area (Å²) in [5, 5.41) is 0.512. The summed E-state index contributed by atoms with van der Waals surface area (Å²) in [6, 6.07) is 3.63. The van der Waals surface area contributed by atoms with E-state index in [1.165, 1.54) is 0 Å². The van der Waals surface area contributed by atoms with Crippen LogP contribution in [0.3, 0.4) is 0 Å². The molecule has 0 aliphatic carbocycles. The Kier molecular flexibility index (Phi) is 1.07. The number of aromatic nitrogens is 1. The summed E-state index contributed by atoms with van der Waals surface area (Å²) in [6.45, 7) is 0.281. The molecule has 1 aromatic rings. The minimum Gasteiger partial charge on any atom is -0.275 e. The largest absolute Gasteiger partial charge is 0.275 e. The predicted octanol–water partition coefficient (Wildman–Crippen LogP) is 1.11. The molecule has 1 aromatic heterocycles. The average Bonchev–Trinajstić information content (AvgIpc) is 2.27. The van der Waals surface area contributed by atoms with Gasteiger partial charge in [0.1, 0.15) is 5.82 Å². The van der Waals surface area contributed by atoms with Crippen LogP contribution in [0, 0.1) is 0 Å². The highest BCUT2D eigenvalue weighted by Gasteiger charge is 2.17. The molecule has 4 heteroatoms. The molecule has 1 aliphatic heterocycles. The lowest BCUT2D eigenvalue weighted by molar-refractivity contribution is 0.0595. The van der Waals surface area contributed by atoms with E-state index < -0.39 is 0 Å². The number of fused-ring (bicyclic) bond motifs is 1. The Labute approximate surface area is 57.4 Å². The highest BCUT2D eigenvalue weighted by molar-refractivity contribution is 5.45. The van der Waals surface area contributed by atoms with Gasteiger partial charge >= 0.3 is 0 Å². The van der Waals surface area contributed by atoms with Gasteiger partial charge in [0.15, 0.2) is 0 Å². The monoisotopic (exact) mass is 139 g/mol. The van der Waals surface area contributed by atoms with Crippen molar-refractivity contribution < 1.29 is 4.48 Å². The molecule has 0 spiro atoms.